The van der Waals surface area contributed by atoms with Gasteiger partial charge in [0.15, 0.2) is 0 Å². The topological polar surface area (TPSA) is 64.8 Å². The number of ether oxygens (including phenoxy) is 2. The molecule has 3 fully saturated rings. The highest BCUT2D eigenvalue weighted by Gasteiger charge is 2.53. The molecule has 35 heavy (non-hydrogen) atoms. The van der Waals surface area contributed by atoms with Crippen molar-refractivity contribution < 1.29 is 18.8 Å². The summed E-state index contributed by atoms with van der Waals surface area (Å²) in [6.07, 6.45) is 4.46. The minimum atomic E-state index is -0.309. The van der Waals surface area contributed by atoms with Crippen LogP contribution in [0.5, 0.6) is 0 Å². The lowest BCUT2D eigenvalue weighted by molar-refractivity contribution is -0.0998. The predicted molar refractivity (Wildman–Crippen MR) is 134 cm³/mol. The van der Waals surface area contributed by atoms with Crippen molar-refractivity contribution in [2.24, 2.45) is 5.41 Å². The van der Waals surface area contributed by atoms with Gasteiger partial charge >= 0.3 is 5.97 Å². The lowest BCUT2D eigenvalue weighted by Gasteiger charge is -2.59. The Labute approximate surface area is 214 Å². The van der Waals surface area contributed by atoms with Crippen LogP contribution in [0.3, 0.4) is 0 Å². The van der Waals surface area contributed by atoms with Crippen molar-refractivity contribution >= 4 is 34.9 Å². The molecule has 6 rings (SSSR count). The van der Waals surface area contributed by atoms with Crippen molar-refractivity contribution in [3.63, 3.8) is 0 Å². The zero-order chi connectivity index (χ0) is 24.2. The second-order valence-electron chi connectivity index (χ2n) is 9.98. The van der Waals surface area contributed by atoms with Gasteiger partial charge < -0.3 is 18.9 Å². The van der Waals surface area contributed by atoms with E-state index >= 15 is 0 Å². The average Bonchev–Trinajstić information content (AvgIpc) is 3.57. The first-order valence-electron chi connectivity index (χ1n) is 11.9. The number of aromatic nitrogens is 1. The van der Waals surface area contributed by atoms with Gasteiger partial charge in [0.05, 0.1) is 35.4 Å². The number of benzene rings is 2. The number of rotatable bonds is 7. The van der Waals surface area contributed by atoms with Gasteiger partial charge in [0.1, 0.15) is 11.5 Å². The summed E-state index contributed by atoms with van der Waals surface area (Å²) in [4.78, 5) is 14.2. The van der Waals surface area contributed by atoms with Crippen LogP contribution in [0.25, 0.3) is 11.3 Å². The Morgan fingerprint density at radius 2 is 1.86 bits per heavy atom. The summed E-state index contributed by atoms with van der Waals surface area (Å²) in [5.41, 5.74) is 4.29. The average molecular weight is 513 g/mol. The summed E-state index contributed by atoms with van der Waals surface area (Å²) in [6.45, 7) is 2.38. The van der Waals surface area contributed by atoms with Gasteiger partial charge in [0.25, 0.3) is 0 Å². The van der Waals surface area contributed by atoms with E-state index in [0.29, 0.717) is 39.4 Å². The molecule has 0 unspecified atom stereocenters. The number of carbonyl (C=O) groups is 1. The lowest BCUT2D eigenvalue weighted by Crippen LogP contribution is -2.64. The molecule has 0 bridgehead atoms. The van der Waals surface area contributed by atoms with Crippen LogP contribution in [0.15, 0.2) is 47.0 Å². The van der Waals surface area contributed by atoms with Crippen molar-refractivity contribution in [2.75, 3.05) is 25.1 Å². The number of esters is 1. The fourth-order valence-corrected chi connectivity index (χ4v) is 6.00. The third kappa shape index (κ3) is 4.22. The molecular formula is C27H26Cl2N2O4. The van der Waals surface area contributed by atoms with Crippen LogP contribution in [0.4, 0.5) is 5.69 Å². The van der Waals surface area contributed by atoms with Crippen molar-refractivity contribution in [3.05, 3.63) is 69.4 Å². The monoisotopic (exact) mass is 512 g/mol. The molecule has 1 aliphatic heterocycles. The molecule has 0 atom stereocenters. The molecule has 6 nitrogen and oxygen atoms in total. The molecule has 0 N–H and O–H groups in total. The Hall–Kier alpha value is -2.54. The van der Waals surface area contributed by atoms with E-state index in [1.165, 1.54) is 7.11 Å². The van der Waals surface area contributed by atoms with Gasteiger partial charge in [-0.1, -0.05) is 40.5 Å². The second-order valence-corrected chi connectivity index (χ2v) is 10.8. The molecule has 2 aromatic carbocycles. The van der Waals surface area contributed by atoms with Gasteiger partial charge in [-0.05, 0) is 56.0 Å². The van der Waals surface area contributed by atoms with E-state index in [-0.39, 0.29) is 17.5 Å². The minimum Gasteiger partial charge on any atom is -0.465 e. The van der Waals surface area contributed by atoms with Gasteiger partial charge in [0, 0.05) is 41.2 Å². The Balaban J connectivity index is 1.10. The first-order valence-corrected chi connectivity index (χ1v) is 12.7. The summed E-state index contributed by atoms with van der Waals surface area (Å²) in [6, 6.07) is 13.1. The van der Waals surface area contributed by atoms with E-state index in [9.17, 15) is 4.79 Å². The highest BCUT2D eigenvalue weighted by atomic mass is 35.5. The third-order valence-electron chi connectivity index (χ3n) is 7.44. The van der Waals surface area contributed by atoms with Crippen LogP contribution in [0, 0.1) is 5.41 Å². The van der Waals surface area contributed by atoms with E-state index in [1.54, 1.807) is 6.07 Å². The van der Waals surface area contributed by atoms with Crippen LogP contribution < -0.4 is 4.90 Å². The summed E-state index contributed by atoms with van der Waals surface area (Å²) >= 11 is 12.9. The van der Waals surface area contributed by atoms with E-state index in [1.807, 2.05) is 36.4 Å². The standard InChI is InChI=1S/C27H26Cl2N2O4/c1-33-26(32)17-4-2-5-18(10-17)31-14-27(15-31)11-19(12-27)34-13-20-24(30-35-25(20)16-8-9-16)23-21(28)6-3-7-22(23)29/h2-7,10,16,19H,8-9,11-15H2,1H3. The molecule has 0 amide bonds. The number of anilines is 1. The zero-order valence-electron chi connectivity index (χ0n) is 19.4. The molecule has 2 saturated carbocycles. The molecule has 1 spiro atoms. The van der Waals surface area contributed by atoms with Gasteiger partial charge in [-0.25, -0.2) is 4.79 Å². The molecule has 3 aromatic rings. The molecule has 1 saturated heterocycles. The number of halogens is 2. The SMILES string of the molecule is COC(=O)c1cccc(N2CC3(CC(OCc4c(-c5c(Cl)cccc5Cl)noc4C4CC4)C3)C2)c1. The summed E-state index contributed by atoms with van der Waals surface area (Å²) in [5, 5.41) is 5.47. The van der Waals surface area contributed by atoms with Crippen molar-refractivity contribution in [2.45, 2.75) is 44.3 Å². The van der Waals surface area contributed by atoms with Crippen LogP contribution in [-0.2, 0) is 16.1 Å². The summed E-state index contributed by atoms with van der Waals surface area (Å²) in [5.74, 6) is 1.01. The van der Waals surface area contributed by atoms with Gasteiger partial charge in [-0.2, -0.15) is 0 Å². The molecule has 8 heteroatoms. The number of nitrogens with zero attached hydrogens (tertiary/aromatic N) is 2. The van der Waals surface area contributed by atoms with Gasteiger partial charge in [0.2, 0.25) is 0 Å². The van der Waals surface area contributed by atoms with Crippen molar-refractivity contribution in [1.82, 2.24) is 5.16 Å². The molecule has 3 aliphatic rings. The van der Waals surface area contributed by atoms with E-state index < -0.39 is 0 Å². The Bertz CT molecular complexity index is 1250. The highest BCUT2D eigenvalue weighted by molar-refractivity contribution is 6.39. The Morgan fingerprint density at radius 1 is 1.14 bits per heavy atom. The van der Waals surface area contributed by atoms with Gasteiger partial charge in [-0.3, -0.25) is 0 Å². The largest absolute Gasteiger partial charge is 0.465 e. The molecule has 1 aromatic heterocycles. The minimum absolute atomic E-state index is 0.204. The third-order valence-corrected chi connectivity index (χ3v) is 8.07. The first kappa shape index (κ1) is 22.9. The van der Waals surface area contributed by atoms with Crippen LogP contribution in [0.2, 0.25) is 10.0 Å². The molecule has 2 aliphatic carbocycles. The number of hydrogen-bond donors (Lipinski definition) is 0. The lowest BCUT2D eigenvalue weighted by atomic mass is 9.61. The summed E-state index contributed by atoms with van der Waals surface area (Å²) in [7, 11) is 1.40. The first-order chi connectivity index (χ1) is 17.0. The smallest absolute Gasteiger partial charge is 0.337 e. The Morgan fingerprint density at radius 3 is 2.54 bits per heavy atom. The predicted octanol–water partition coefficient (Wildman–Crippen LogP) is 6.50. The van der Waals surface area contributed by atoms with Crippen LogP contribution in [0.1, 0.15) is 53.3 Å². The highest BCUT2D eigenvalue weighted by Crippen LogP contribution is 2.52. The van der Waals surface area contributed by atoms with Crippen molar-refractivity contribution in [1.29, 1.82) is 0 Å². The molecular weight excluding hydrogens is 487 g/mol. The summed E-state index contributed by atoms with van der Waals surface area (Å²) < 4.78 is 17.0. The zero-order valence-corrected chi connectivity index (χ0v) is 20.9. The maximum absolute atomic E-state index is 11.8. The molecule has 0 radical (unpaired) electrons. The molecule has 182 valence electrons. The van der Waals surface area contributed by atoms with E-state index in [2.05, 4.69) is 10.1 Å². The fourth-order valence-electron chi connectivity index (χ4n) is 5.43. The normalized spacial score (nSPS) is 18.9. The maximum Gasteiger partial charge on any atom is 0.337 e. The van der Waals surface area contributed by atoms with Crippen LogP contribution >= 0.6 is 23.2 Å². The van der Waals surface area contributed by atoms with Gasteiger partial charge in [-0.15, -0.1) is 0 Å². The van der Waals surface area contributed by atoms with Crippen LogP contribution in [-0.4, -0.2) is 37.4 Å². The fraction of sp³-hybridized carbons (Fsp3) is 0.407. The van der Waals surface area contributed by atoms with Crippen molar-refractivity contribution in [3.8, 4) is 11.3 Å². The quantitative estimate of drug-likeness (QED) is 0.336. The van der Waals surface area contributed by atoms with E-state index in [4.69, 9.17) is 37.2 Å². The number of hydrogen-bond acceptors (Lipinski definition) is 6. The number of carbonyl (C=O) groups excluding carboxylic acids is 1. The molecule has 2 heterocycles. The Kier molecular flexibility index (Phi) is 5.78. The maximum atomic E-state index is 11.8. The number of methoxy groups -OCH3 is 1. The van der Waals surface area contributed by atoms with E-state index in [0.717, 1.165) is 55.8 Å². The second kappa shape index (κ2) is 8.84.